The fraction of sp³-hybridized carbons (Fsp3) is 0. The first-order valence-corrected chi connectivity index (χ1v) is 18.2. The number of nitrogens with zero attached hydrogens (tertiary/aromatic N) is 2. The maximum Gasteiger partial charge on any atom is 0.138 e. The van der Waals surface area contributed by atoms with Crippen molar-refractivity contribution < 1.29 is 4.74 Å². The molecule has 12 rings (SSSR count). The van der Waals surface area contributed by atoms with E-state index in [1.54, 1.807) is 0 Å². The van der Waals surface area contributed by atoms with E-state index < -0.39 is 0 Å². The number of rotatable bonds is 3. The van der Waals surface area contributed by atoms with E-state index in [0.29, 0.717) is 0 Å². The molecule has 1 aliphatic rings. The van der Waals surface area contributed by atoms with Gasteiger partial charge in [0.1, 0.15) is 11.5 Å². The van der Waals surface area contributed by atoms with Crippen molar-refractivity contribution in [2.45, 2.75) is 0 Å². The number of ether oxygens (including phenoxy) is 1. The normalized spacial score (nSPS) is 12.3. The van der Waals surface area contributed by atoms with Crippen molar-refractivity contribution >= 4 is 65.2 Å². The molecule has 1 aliphatic heterocycles. The molecule has 246 valence electrons. The molecular formula is C50H30N2O. The van der Waals surface area contributed by atoms with Crippen LogP contribution in [0.1, 0.15) is 0 Å². The highest BCUT2D eigenvalue weighted by Crippen LogP contribution is 2.50. The number of fused-ring (bicyclic) bond motifs is 10. The molecule has 0 atom stereocenters. The average molecular weight is 675 g/mol. The van der Waals surface area contributed by atoms with Crippen LogP contribution in [0.4, 0.5) is 0 Å². The van der Waals surface area contributed by atoms with E-state index in [9.17, 15) is 0 Å². The van der Waals surface area contributed by atoms with Gasteiger partial charge in [0, 0.05) is 49.9 Å². The average Bonchev–Trinajstić information content (AvgIpc) is 3.73. The summed E-state index contributed by atoms with van der Waals surface area (Å²) >= 11 is 0. The molecule has 0 saturated heterocycles. The largest absolute Gasteiger partial charge is 0.456 e. The van der Waals surface area contributed by atoms with E-state index in [4.69, 9.17) is 4.74 Å². The van der Waals surface area contributed by atoms with Gasteiger partial charge < -0.3 is 13.9 Å². The van der Waals surface area contributed by atoms with Gasteiger partial charge >= 0.3 is 0 Å². The van der Waals surface area contributed by atoms with Crippen LogP contribution in [0.3, 0.4) is 0 Å². The maximum absolute atomic E-state index is 6.66. The Morgan fingerprint density at radius 1 is 0.321 bits per heavy atom. The summed E-state index contributed by atoms with van der Waals surface area (Å²) in [5.41, 5.74) is 11.7. The second-order valence-corrected chi connectivity index (χ2v) is 14.1. The minimum atomic E-state index is 0.896. The molecule has 0 radical (unpaired) electrons. The van der Waals surface area contributed by atoms with Crippen molar-refractivity contribution in [1.82, 2.24) is 9.13 Å². The molecule has 2 aromatic heterocycles. The zero-order chi connectivity index (χ0) is 34.6. The van der Waals surface area contributed by atoms with Crippen LogP contribution in [-0.2, 0) is 0 Å². The van der Waals surface area contributed by atoms with E-state index in [0.717, 1.165) is 34.0 Å². The van der Waals surface area contributed by atoms with Crippen LogP contribution in [0.15, 0.2) is 182 Å². The molecule has 0 fully saturated rings. The van der Waals surface area contributed by atoms with Crippen LogP contribution >= 0.6 is 0 Å². The minimum absolute atomic E-state index is 0.896. The van der Waals surface area contributed by atoms with Crippen LogP contribution in [-0.4, -0.2) is 9.13 Å². The third-order valence-electron chi connectivity index (χ3n) is 11.3. The molecule has 0 saturated carbocycles. The molecule has 0 N–H and O–H groups in total. The highest BCUT2D eigenvalue weighted by molar-refractivity contribution is 6.25. The van der Waals surface area contributed by atoms with E-state index in [2.05, 4.69) is 185 Å². The number of para-hydroxylation sites is 3. The molecule has 0 spiro atoms. The van der Waals surface area contributed by atoms with Gasteiger partial charge in [-0.05, 0) is 81.4 Å². The zero-order valence-corrected chi connectivity index (χ0v) is 28.6. The molecule has 9 aromatic carbocycles. The number of benzene rings is 9. The predicted molar refractivity (Wildman–Crippen MR) is 221 cm³/mol. The van der Waals surface area contributed by atoms with E-state index in [1.807, 2.05) is 6.07 Å². The van der Waals surface area contributed by atoms with Crippen LogP contribution in [0.2, 0.25) is 0 Å². The van der Waals surface area contributed by atoms with Gasteiger partial charge in [-0.25, -0.2) is 0 Å². The number of hydrogen-bond donors (Lipinski definition) is 0. The van der Waals surface area contributed by atoms with Crippen LogP contribution in [0.5, 0.6) is 11.5 Å². The molecule has 0 bridgehead atoms. The second-order valence-electron chi connectivity index (χ2n) is 14.1. The van der Waals surface area contributed by atoms with Gasteiger partial charge in [-0.3, -0.25) is 0 Å². The van der Waals surface area contributed by atoms with Crippen LogP contribution in [0.25, 0.3) is 98.8 Å². The van der Waals surface area contributed by atoms with Crippen LogP contribution in [0, 0.1) is 0 Å². The lowest BCUT2D eigenvalue weighted by molar-refractivity contribution is 0.487. The highest BCUT2D eigenvalue weighted by Gasteiger charge is 2.25. The first kappa shape index (κ1) is 28.6. The summed E-state index contributed by atoms with van der Waals surface area (Å²) in [6.45, 7) is 0. The van der Waals surface area contributed by atoms with Gasteiger partial charge in [0.2, 0.25) is 0 Å². The topological polar surface area (TPSA) is 19.1 Å². The van der Waals surface area contributed by atoms with Crippen molar-refractivity contribution in [2.75, 3.05) is 0 Å². The monoisotopic (exact) mass is 674 g/mol. The summed E-state index contributed by atoms with van der Waals surface area (Å²) in [6.07, 6.45) is 0. The fourth-order valence-corrected chi connectivity index (χ4v) is 8.93. The van der Waals surface area contributed by atoms with E-state index >= 15 is 0 Å². The summed E-state index contributed by atoms with van der Waals surface area (Å²) in [4.78, 5) is 0. The Morgan fingerprint density at radius 2 is 0.981 bits per heavy atom. The highest BCUT2D eigenvalue weighted by atomic mass is 16.5. The van der Waals surface area contributed by atoms with Crippen LogP contribution < -0.4 is 4.74 Å². The molecular weight excluding hydrogens is 645 g/mol. The van der Waals surface area contributed by atoms with Crippen molar-refractivity contribution in [1.29, 1.82) is 0 Å². The molecule has 3 heterocycles. The lowest BCUT2D eigenvalue weighted by Crippen LogP contribution is -1.98. The van der Waals surface area contributed by atoms with Gasteiger partial charge in [0.05, 0.1) is 22.1 Å². The molecule has 0 amide bonds. The first-order valence-electron chi connectivity index (χ1n) is 18.2. The lowest BCUT2D eigenvalue weighted by Gasteiger charge is -2.22. The van der Waals surface area contributed by atoms with E-state index in [1.165, 1.54) is 76.3 Å². The summed E-state index contributed by atoms with van der Waals surface area (Å²) in [5, 5.41) is 9.82. The SMILES string of the molecule is c1ccc(-n2c3cc(-c4ccc5c6ccccc6n(-c6ccc7ccccc7c6)c5c4)ccc3c3c4cccc5c4c(cc32)Oc2ccccc2-5)cc1. The van der Waals surface area contributed by atoms with Gasteiger partial charge in [-0.15, -0.1) is 0 Å². The Balaban J connectivity index is 1.12. The molecule has 53 heavy (non-hydrogen) atoms. The Kier molecular flexibility index (Phi) is 5.77. The summed E-state index contributed by atoms with van der Waals surface area (Å²) in [6, 6.07) is 66.0. The molecule has 0 aliphatic carbocycles. The maximum atomic E-state index is 6.66. The van der Waals surface area contributed by atoms with Crippen molar-refractivity contribution in [2.24, 2.45) is 0 Å². The number of aromatic nitrogens is 2. The molecule has 3 heteroatoms. The van der Waals surface area contributed by atoms with Gasteiger partial charge in [-0.1, -0.05) is 127 Å². The first-order chi connectivity index (χ1) is 26.3. The summed E-state index contributed by atoms with van der Waals surface area (Å²) < 4.78 is 11.5. The Morgan fingerprint density at radius 3 is 1.87 bits per heavy atom. The fourth-order valence-electron chi connectivity index (χ4n) is 8.93. The lowest BCUT2D eigenvalue weighted by atomic mass is 9.92. The third-order valence-corrected chi connectivity index (χ3v) is 11.3. The minimum Gasteiger partial charge on any atom is -0.456 e. The van der Waals surface area contributed by atoms with Gasteiger partial charge in [0.15, 0.2) is 0 Å². The van der Waals surface area contributed by atoms with Crippen molar-refractivity contribution in [3.05, 3.63) is 182 Å². The predicted octanol–water partition coefficient (Wildman–Crippen LogP) is 13.6. The summed E-state index contributed by atoms with van der Waals surface area (Å²) in [5.74, 6) is 1.79. The molecule has 11 aromatic rings. The Bertz CT molecular complexity index is 3310. The van der Waals surface area contributed by atoms with Gasteiger partial charge in [-0.2, -0.15) is 0 Å². The zero-order valence-electron chi connectivity index (χ0n) is 28.6. The standard InChI is InChI=1S/C50H30N2O/c1-2-13-35(14-3-1)51-45-29-34(23-26-41(45)49-42-18-10-17-40-39-16-7-9-20-47(39)53-48(50(40)42)30-46(49)51)33-22-25-38-37-15-6-8-19-43(37)52(44(38)28-33)36-24-21-31-11-4-5-12-32(31)27-36/h1-30H. The third kappa shape index (κ3) is 4.05. The molecule has 0 unspecified atom stereocenters. The smallest absolute Gasteiger partial charge is 0.138 e. The Hall–Kier alpha value is -7.10. The second kappa shape index (κ2) is 10.7. The van der Waals surface area contributed by atoms with Crippen molar-refractivity contribution in [3.63, 3.8) is 0 Å². The quantitative estimate of drug-likeness (QED) is 0.183. The Labute approximate surface area is 305 Å². The summed E-state index contributed by atoms with van der Waals surface area (Å²) in [7, 11) is 0. The van der Waals surface area contributed by atoms with Crippen molar-refractivity contribution in [3.8, 4) is 45.1 Å². The molecule has 3 nitrogen and oxygen atoms in total. The van der Waals surface area contributed by atoms with Gasteiger partial charge in [0.25, 0.3) is 0 Å². The number of hydrogen-bond acceptors (Lipinski definition) is 1. The van der Waals surface area contributed by atoms with E-state index in [-0.39, 0.29) is 0 Å².